The van der Waals surface area contributed by atoms with Crippen molar-refractivity contribution in [3.63, 3.8) is 0 Å². The number of hydrogen-bond donors (Lipinski definition) is 1. The fourth-order valence-electron chi connectivity index (χ4n) is 1.59. The SMILES string of the molecule is COCCNCc1cc(Cl)c(OCC=CCl)c(OC)c1. The van der Waals surface area contributed by atoms with Gasteiger partial charge in [-0.15, -0.1) is 0 Å². The zero-order chi connectivity index (χ0) is 14.8. The molecule has 0 fully saturated rings. The largest absolute Gasteiger partial charge is 0.493 e. The van der Waals surface area contributed by atoms with E-state index in [2.05, 4.69) is 5.32 Å². The summed E-state index contributed by atoms with van der Waals surface area (Å²) in [5, 5.41) is 3.75. The van der Waals surface area contributed by atoms with Crippen molar-refractivity contribution in [2.45, 2.75) is 6.54 Å². The molecule has 0 atom stereocenters. The quantitative estimate of drug-likeness (QED) is 0.709. The molecule has 0 unspecified atom stereocenters. The van der Waals surface area contributed by atoms with Crippen LogP contribution in [0, 0.1) is 0 Å². The summed E-state index contributed by atoms with van der Waals surface area (Å²) in [6, 6.07) is 3.75. The smallest absolute Gasteiger partial charge is 0.180 e. The highest BCUT2D eigenvalue weighted by atomic mass is 35.5. The Hall–Kier alpha value is -0.940. The second kappa shape index (κ2) is 9.88. The summed E-state index contributed by atoms with van der Waals surface area (Å²) in [5.41, 5.74) is 2.41. The maximum absolute atomic E-state index is 6.22. The first-order chi connectivity index (χ1) is 9.72. The van der Waals surface area contributed by atoms with Crippen LogP contribution >= 0.6 is 23.2 Å². The van der Waals surface area contributed by atoms with Gasteiger partial charge in [-0.25, -0.2) is 0 Å². The molecule has 0 bridgehead atoms. The van der Waals surface area contributed by atoms with Crippen molar-refractivity contribution >= 4 is 23.2 Å². The van der Waals surface area contributed by atoms with Gasteiger partial charge in [0.1, 0.15) is 6.61 Å². The Morgan fingerprint density at radius 1 is 1.30 bits per heavy atom. The summed E-state index contributed by atoms with van der Waals surface area (Å²) in [4.78, 5) is 0. The first-order valence-corrected chi connectivity index (χ1v) is 6.98. The molecule has 0 saturated carbocycles. The number of ether oxygens (including phenoxy) is 3. The Balaban J connectivity index is 2.73. The van der Waals surface area contributed by atoms with Gasteiger partial charge in [0, 0.05) is 25.7 Å². The maximum atomic E-state index is 6.22. The lowest BCUT2D eigenvalue weighted by Crippen LogP contribution is -2.18. The van der Waals surface area contributed by atoms with E-state index in [9.17, 15) is 0 Å². The van der Waals surface area contributed by atoms with Crippen LogP contribution in [-0.4, -0.2) is 34.0 Å². The molecule has 0 aliphatic heterocycles. The number of hydrogen-bond acceptors (Lipinski definition) is 4. The highest BCUT2D eigenvalue weighted by Gasteiger charge is 2.11. The molecule has 20 heavy (non-hydrogen) atoms. The summed E-state index contributed by atoms with van der Waals surface area (Å²) in [6.45, 7) is 2.46. The first-order valence-electron chi connectivity index (χ1n) is 6.17. The second-order valence-corrected chi connectivity index (χ2v) is 4.61. The van der Waals surface area contributed by atoms with Crippen molar-refractivity contribution in [1.29, 1.82) is 0 Å². The summed E-state index contributed by atoms with van der Waals surface area (Å²) >= 11 is 11.7. The van der Waals surface area contributed by atoms with Gasteiger partial charge in [-0.1, -0.05) is 23.2 Å². The van der Waals surface area contributed by atoms with Gasteiger partial charge in [-0.3, -0.25) is 0 Å². The molecule has 1 aromatic carbocycles. The molecule has 0 heterocycles. The average molecular weight is 320 g/mol. The zero-order valence-corrected chi connectivity index (χ0v) is 13.1. The van der Waals surface area contributed by atoms with E-state index in [1.807, 2.05) is 12.1 Å². The topological polar surface area (TPSA) is 39.7 Å². The normalized spacial score (nSPS) is 11.0. The van der Waals surface area contributed by atoms with E-state index >= 15 is 0 Å². The van der Waals surface area contributed by atoms with Crippen LogP contribution in [0.25, 0.3) is 0 Å². The third-order valence-corrected chi connectivity index (χ3v) is 2.97. The van der Waals surface area contributed by atoms with Gasteiger partial charge in [-0.05, 0) is 23.8 Å². The molecular formula is C14H19Cl2NO3. The van der Waals surface area contributed by atoms with Crippen LogP contribution in [-0.2, 0) is 11.3 Å². The first kappa shape index (κ1) is 17.1. The van der Waals surface area contributed by atoms with E-state index in [-0.39, 0.29) is 0 Å². The van der Waals surface area contributed by atoms with E-state index < -0.39 is 0 Å². The summed E-state index contributed by atoms with van der Waals surface area (Å²) in [6.07, 6.45) is 1.68. The average Bonchev–Trinajstić information content (AvgIpc) is 2.45. The van der Waals surface area contributed by atoms with Crippen molar-refractivity contribution in [2.75, 3.05) is 34.0 Å². The van der Waals surface area contributed by atoms with E-state index in [0.717, 1.165) is 12.1 Å². The monoisotopic (exact) mass is 319 g/mol. The van der Waals surface area contributed by atoms with Crippen LogP contribution < -0.4 is 14.8 Å². The molecular weight excluding hydrogens is 301 g/mol. The number of rotatable bonds is 9. The molecule has 0 aliphatic carbocycles. The third-order valence-electron chi connectivity index (χ3n) is 2.51. The van der Waals surface area contributed by atoms with Gasteiger partial charge >= 0.3 is 0 Å². The van der Waals surface area contributed by atoms with Crippen molar-refractivity contribution in [2.24, 2.45) is 0 Å². The minimum absolute atomic E-state index is 0.338. The van der Waals surface area contributed by atoms with E-state index in [0.29, 0.717) is 36.3 Å². The van der Waals surface area contributed by atoms with Crippen LogP contribution in [0.5, 0.6) is 11.5 Å². The highest BCUT2D eigenvalue weighted by Crippen LogP contribution is 2.36. The summed E-state index contributed by atoms with van der Waals surface area (Å²) in [7, 11) is 3.25. The van der Waals surface area contributed by atoms with Crippen molar-refractivity contribution in [3.05, 3.63) is 34.3 Å². The Morgan fingerprint density at radius 2 is 2.10 bits per heavy atom. The zero-order valence-electron chi connectivity index (χ0n) is 11.6. The minimum Gasteiger partial charge on any atom is -0.493 e. The highest BCUT2D eigenvalue weighted by molar-refractivity contribution is 6.32. The molecule has 0 saturated heterocycles. The lowest BCUT2D eigenvalue weighted by molar-refractivity contribution is 0.199. The van der Waals surface area contributed by atoms with Gasteiger partial charge in [0.05, 0.1) is 18.7 Å². The van der Waals surface area contributed by atoms with Gasteiger partial charge in [-0.2, -0.15) is 0 Å². The van der Waals surface area contributed by atoms with Crippen molar-refractivity contribution < 1.29 is 14.2 Å². The Kier molecular flexibility index (Phi) is 8.46. The molecule has 4 nitrogen and oxygen atoms in total. The Labute approximate surface area is 129 Å². The standard InChI is InChI=1S/C14H19Cl2NO3/c1-18-7-5-17-10-11-8-12(16)14(13(9-11)19-2)20-6-3-4-15/h3-4,8-9,17H,5-7,10H2,1-2H3. The Morgan fingerprint density at radius 3 is 2.75 bits per heavy atom. The molecule has 1 N–H and O–H groups in total. The van der Waals surface area contributed by atoms with Crippen LogP contribution in [0.1, 0.15) is 5.56 Å². The van der Waals surface area contributed by atoms with Crippen LogP contribution in [0.4, 0.5) is 0 Å². The fourth-order valence-corrected chi connectivity index (χ4v) is 1.95. The van der Waals surface area contributed by atoms with Crippen molar-refractivity contribution in [1.82, 2.24) is 5.32 Å². The molecule has 112 valence electrons. The summed E-state index contributed by atoms with van der Waals surface area (Å²) < 4.78 is 15.8. The van der Waals surface area contributed by atoms with Gasteiger partial charge < -0.3 is 19.5 Å². The number of benzene rings is 1. The minimum atomic E-state index is 0.338. The lowest BCUT2D eigenvalue weighted by atomic mass is 10.2. The number of nitrogens with one attached hydrogen (secondary N) is 1. The van der Waals surface area contributed by atoms with Gasteiger partial charge in [0.15, 0.2) is 11.5 Å². The molecule has 0 aliphatic rings. The predicted molar refractivity (Wildman–Crippen MR) is 82.1 cm³/mol. The van der Waals surface area contributed by atoms with Crippen molar-refractivity contribution in [3.8, 4) is 11.5 Å². The third kappa shape index (κ3) is 5.59. The predicted octanol–water partition coefficient (Wildman–Crippen LogP) is 3.22. The van der Waals surface area contributed by atoms with Crippen LogP contribution in [0.3, 0.4) is 0 Å². The van der Waals surface area contributed by atoms with Gasteiger partial charge in [0.25, 0.3) is 0 Å². The molecule has 0 amide bonds. The van der Waals surface area contributed by atoms with Crippen LogP contribution in [0.15, 0.2) is 23.7 Å². The second-order valence-electron chi connectivity index (χ2n) is 3.95. The molecule has 6 heteroatoms. The number of methoxy groups -OCH3 is 2. The Bertz CT molecular complexity index is 439. The molecule has 1 aromatic rings. The fraction of sp³-hybridized carbons (Fsp3) is 0.429. The maximum Gasteiger partial charge on any atom is 0.180 e. The molecule has 1 rings (SSSR count). The molecule has 0 radical (unpaired) electrons. The molecule has 0 aromatic heterocycles. The van der Waals surface area contributed by atoms with E-state index in [4.69, 9.17) is 37.4 Å². The van der Waals surface area contributed by atoms with E-state index in [1.54, 1.807) is 20.3 Å². The molecule has 0 spiro atoms. The summed E-state index contributed by atoms with van der Waals surface area (Å²) in [5.74, 6) is 1.12. The van der Waals surface area contributed by atoms with Gasteiger partial charge in [0.2, 0.25) is 0 Å². The lowest BCUT2D eigenvalue weighted by Gasteiger charge is -2.13. The van der Waals surface area contributed by atoms with Crippen LogP contribution in [0.2, 0.25) is 5.02 Å². The number of halogens is 2. The van der Waals surface area contributed by atoms with E-state index in [1.165, 1.54) is 5.54 Å².